The summed E-state index contributed by atoms with van der Waals surface area (Å²) in [5.41, 5.74) is 1.94. The minimum atomic E-state index is -0.180. The van der Waals surface area contributed by atoms with Gasteiger partial charge in [-0.25, -0.2) is 0 Å². The molecule has 1 fully saturated rings. The molecule has 7 nitrogen and oxygen atoms in total. The van der Waals surface area contributed by atoms with Gasteiger partial charge >= 0.3 is 0 Å². The van der Waals surface area contributed by atoms with Crippen LogP contribution < -0.4 is 5.32 Å². The topological polar surface area (TPSA) is 82.6 Å². The van der Waals surface area contributed by atoms with Crippen LogP contribution in [0.25, 0.3) is 6.08 Å². The molecule has 0 radical (unpaired) electrons. The summed E-state index contributed by atoms with van der Waals surface area (Å²) >= 11 is 0. The quantitative estimate of drug-likeness (QED) is 0.391. The molecule has 1 aromatic carbocycles. The Morgan fingerprint density at radius 3 is 2.50 bits per heavy atom. The number of nitrogens with zero attached hydrogens (tertiary/aromatic N) is 3. The Kier molecular flexibility index (Phi) is 7.86. The average Bonchev–Trinajstić information content (AvgIpc) is 2.75. The molecule has 0 bridgehead atoms. The van der Waals surface area contributed by atoms with Gasteiger partial charge in [-0.2, -0.15) is 0 Å². The van der Waals surface area contributed by atoms with Crippen LogP contribution in [0.15, 0.2) is 60.9 Å². The monoisotopic (exact) mass is 406 g/mol. The first-order chi connectivity index (χ1) is 14.6. The number of hydrogen-bond donors (Lipinski definition) is 1. The summed E-state index contributed by atoms with van der Waals surface area (Å²) in [5, 5.41) is 2.80. The van der Waals surface area contributed by atoms with Crippen molar-refractivity contribution in [3.05, 3.63) is 72.1 Å². The number of aromatic nitrogens is 1. The maximum atomic E-state index is 12.4. The molecule has 7 heteroatoms. The highest BCUT2D eigenvalue weighted by atomic mass is 16.2. The van der Waals surface area contributed by atoms with E-state index in [0.717, 1.165) is 11.1 Å². The van der Waals surface area contributed by atoms with Crippen molar-refractivity contribution in [2.45, 2.75) is 19.4 Å². The van der Waals surface area contributed by atoms with Crippen LogP contribution in [0.3, 0.4) is 0 Å². The van der Waals surface area contributed by atoms with Crippen molar-refractivity contribution in [3.8, 4) is 0 Å². The molecule has 3 amide bonds. The Hall–Kier alpha value is -3.32. The van der Waals surface area contributed by atoms with E-state index in [-0.39, 0.29) is 30.8 Å². The normalized spacial score (nSPS) is 15.0. The second-order valence-corrected chi connectivity index (χ2v) is 7.19. The molecule has 1 aliphatic heterocycles. The second-order valence-electron chi connectivity index (χ2n) is 7.19. The number of nitrogens with one attached hydrogen (secondary N) is 1. The van der Waals surface area contributed by atoms with Gasteiger partial charge < -0.3 is 5.32 Å². The fraction of sp³-hybridized carbons (Fsp3) is 0.304. The van der Waals surface area contributed by atoms with Crippen LogP contribution in [0, 0.1) is 0 Å². The third kappa shape index (κ3) is 6.63. The Labute approximate surface area is 176 Å². The Morgan fingerprint density at radius 2 is 1.80 bits per heavy atom. The van der Waals surface area contributed by atoms with E-state index in [9.17, 15) is 14.4 Å². The summed E-state index contributed by atoms with van der Waals surface area (Å²) in [7, 11) is 0. The van der Waals surface area contributed by atoms with Gasteiger partial charge in [0.15, 0.2) is 0 Å². The third-order valence-corrected chi connectivity index (χ3v) is 4.79. The van der Waals surface area contributed by atoms with Crippen molar-refractivity contribution >= 4 is 23.8 Å². The van der Waals surface area contributed by atoms with E-state index in [1.165, 1.54) is 11.0 Å². The van der Waals surface area contributed by atoms with E-state index in [1.54, 1.807) is 18.5 Å². The van der Waals surface area contributed by atoms with Crippen LogP contribution in [-0.2, 0) is 20.9 Å². The molecule has 1 aromatic heterocycles. The van der Waals surface area contributed by atoms with Crippen LogP contribution in [0.1, 0.15) is 24.0 Å². The lowest BCUT2D eigenvalue weighted by Gasteiger charge is -2.32. The van der Waals surface area contributed by atoms with Gasteiger partial charge in [-0.3, -0.25) is 29.2 Å². The zero-order valence-corrected chi connectivity index (χ0v) is 16.9. The molecule has 2 heterocycles. The van der Waals surface area contributed by atoms with Crippen molar-refractivity contribution < 1.29 is 14.4 Å². The maximum absolute atomic E-state index is 12.4. The van der Waals surface area contributed by atoms with Crippen LogP contribution in [0.4, 0.5) is 0 Å². The van der Waals surface area contributed by atoms with Crippen molar-refractivity contribution in [3.63, 3.8) is 0 Å². The molecule has 0 spiro atoms. The molecule has 30 heavy (non-hydrogen) atoms. The number of carbonyl (C=O) groups excluding carboxylic acids is 3. The molecule has 0 aliphatic carbocycles. The fourth-order valence-electron chi connectivity index (χ4n) is 3.26. The molecular formula is C23H26N4O3. The Balaban J connectivity index is 1.34. The molecule has 156 valence electrons. The summed E-state index contributed by atoms with van der Waals surface area (Å²) in [6.07, 6.45) is 7.87. The van der Waals surface area contributed by atoms with Gasteiger partial charge in [0.05, 0.1) is 13.1 Å². The highest BCUT2D eigenvalue weighted by Crippen LogP contribution is 2.11. The van der Waals surface area contributed by atoms with Crippen LogP contribution in [0.2, 0.25) is 0 Å². The molecule has 3 rings (SSSR count). The lowest BCUT2D eigenvalue weighted by atomic mass is 10.2. The van der Waals surface area contributed by atoms with Crippen LogP contribution in [0.5, 0.6) is 0 Å². The molecular weight excluding hydrogens is 380 g/mol. The number of pyridine rings is 1. The predicted octanol–water partition coefficient (Wildman–Crippen LogP) is 1.86. The van der Waals surface area contributed by atoms with E-state index >= 15 is 0 Å². The van der Waals surface area contributed by atoms with Gasteiger partial charge in [0.2, 0.25) is 17.7 Å². The lowest BCUT2D eigenvalue weighted by Crippen LogP contribution is -2.53. The van der Waals surface area contributed by atoms with Gasteiger partial charge in [0.1, 0.15) is 0 Å². The lowest BCUT2D eigenvalue weighted by molar-refractivity contribution is -0.151. The first-order valence-corrected chi connectivity index (χ1v) is 10.1. The molecule has 0 unspecified atom stereocenters. The molecule has 1 N–H and O–H groups in total. The van der Waals surface area contributed by atoms with Crippen molar-refractivity contribution in [1.82, 2.24) is 20.1 Å². The summed E-state index contributed by atoms with van der Waals surface area (Å²) in [5.74, 6) is -0.503. The first kappa shape index (κ1) is 21.4. The number of rotatable bonds is 9. The largest absolute Gasteiger partial charge is 0.353 e. The summed E-state index contributed by atoms with van der Waals surface area (Å²) in [6.45, 7) is 1.96. The van der Waals surface area contributed by atoms with Crippen molar-refractivity contribution in [2.75, 3.05) is 26.2 Å². The number of amides is 3. The maximum Gasteiger partial charge on any atom is 0.243 e. The zero-order chi connectivity index (χ0) is 21.2. The van der Waals surface area contributed by atoms with Crippen LogP contribution >= 0.6 is 0 Å². The fourth-order valence-corrected chi connectivity index (χ4v) is 3.26. The first-order valence-electron chi connectivity index (χ1n) is 10.1. The van der Waals surface area contributed by atoms with E-state index in [1.807, 2.05) is 47.4 Å². The summed E-state index contributed by atoms with van der Waals surface area (Å²) in [4.78, 5) is 43.8. The van der Waals surface area contributed by atoms with Gasteiger partial charge in [-0.05, 0) is 36.1 Å². The van der Waals surface area contributed by atoms with Gasteiger partial charge in [0.25, 0.3) is 0 Å². The number of piperazine rings is 1. The standard InChI is InChI=1S/C23H26N4O3/c28-21(11-10-19-9-6-12-24-15-19)25-13-4-5-14-27-22(29)17-26(18-23(27)30)16-20-7-2-1-3-8-20/h1-3,6-12,15H,4-5,13-14,16-18H2,(H,25,28)/b11-10-. The highest BCUT2D eigenvalue weighted by molar-refractivity contribution is 5.99. The molecule has 0 atom stereocenters. The minimum Gasteiger partial charge on any atom is -0.353 e. The summed E-state index contributed by atoms with van der Waals surface area (Å²) in [6, 6.07) is 13.5. The number of imide groups is 1. The number of carbonyl (C=O) groups is 3. The van der Waals surface area contributed by atoms with Gasteiger partial charge in [-0.15, -0.1) is 0 Å². The Bertz CT molecular complexity index is 866. The highest BCUT2D eigenvalue weighted by Gasteiger charge is 2.30. The van der Waals surface area contributed by atoms with Crippen LogP contribution in [-0.4, -0.2) is 58.7 Å². The average molecular weight is 406 g/mol. The predicted molar refractivity (Wildman–Crippen MR) is 114 cm³/mol. The molecule has 0 saturated carbocycles. The molecule has 1 saturated heterocycles. The smallest absolute Gasteiger partial charge is 0.243 e. The van der Waals surface area contributed by atoms with E-state index in [4.69, 9.17) is 0 Å². The van der Waals surface area contributed by atoms with Gasteiger partial charge in [0, 0.05) is 38.1 Å². The third-order valence-electron chi connectivity index (χ3n) is 4.79. The number of unbranched alkanes of at least 4 members (excludes halogenated alkanes) is 1. The van der Waals surface area contributed by atoms with Crippen molar-refractivity contribution in [1.29, 1.82) is 0 Å². The van der Waals surface area contributed by atoms with E-state index in [0.29, 0.717) is 32.5 Å². The van der Waals surface area contributed by atoms with Crippen molar-refractivity contribution in [2.24, 2.45) is 0 Å². The zero-order valence-electron chi connectivity index (χ0n) is 16.9. The summed E-state index contributed by atoms with van der Waals surface area (Å²) < 4.78 is 0. The number of benzene rings is 1. The van der Waals surface area contributed by atoms with E-state index in [2.05, 4.69) is 10.3 Å². The van der Waals surface area contributed by atoms with Gasteiger partial charge in [-0.1, -0.05) is 36.4 Å². The minimum absolute atomic E-state index is 0.161. The molecule has 2 aromatic rings. The number of hydrogen-bond acceptors (Lipinski definition) is 5. The molecule has 1 aliphatic rings. The Morgan fingerprint density at radius 1 is 1.03 bits per heavy atom. The second kappa shape index (κ2) is 11.0. The van der Waals surface area contributed by atoms with E-state index < -0.39 is 0 Å². The SMILES string of the molecule is O=C(/C=C\c1cccnc1)NCCCCN1C(=O)CN(Cc2ccccc2)CC1=O.